The van der Waals surface area contributed by atoms with E-state index in [0.717, 1.165) is 23.7 Å². The molecule has 2 atom stereocenters. The van der Waals surface area contributed by atoms with Crippen LogP contribution < -0.4 is 0 Å². The van der Waals surface area contributed by atoms with E-state index < -0.39 is 0 Å². The third-order valence-electron chi connectivity index (χ3n) is 3.93. The van der Waals surface area contributed by atoms with Gasteiger partial charge in [0.05, 0.1) is 20.9 Å². The molecule has 0 spiro atoms. The molecule has 2 aromatic rings. The third-order valence-corrected chi connectivity index (χ3v) is 4.73. The Balaban J connectivity index is 2.14. The zero-order chi connectivity index (χ0) is 14.4. The molecular formula is C15H17BrClFN2. The molecule has 5 heteroatoms. The van der Waals surface area contributed by atoms with E-state index in [0.29, 0.717) is 16.0 Å². The zero-order valence-electron chi connectivity index (χ0n) is 11.5. The molecular weight excluding hydrogens is 343 g/mol. The van der Waals surface area contributed by atoms with Crippen molar-refractivity contribution in [1.82, 2.24) is 9.55 Å². The topological polar surface area (TPSA) is 17.8 Å². The first-order valence-electron chi connectivity index (χ1n) is 6.98. The molecule has 108 valence electrons. The number of fused-ring (bicyclic) bond motifs is 1. The Hall–Kier alpha value is -0.610. The van der Waals surface area contributed by atoms with Crippen LogP contribution in [0.4, 0.5) is 4.39 Å². The number of hydrogen-bond acceptors (Lipinski definition) is 1. The van der Waals surface area contributed by atoms with E-state index in [9.17, 15) is 4.39 Å². The van der Waals surface area contributed by atoms with E-state index in [-0.39, 0.29) is 11.2 Å². The minimum Gasteiger partial charge on any atom is -0.324 e. The molecule has 1 aromatic heterocycles. The van der Waals surface area contributed by atoms with Crippen LogP contribution in [0.15, 0.2) is 16.6 Å². The van der Waals surface area contributed by atoms with Crippen LogP contribution in [0.2, 0.25) is 0 Å². The van der Waals surface area contributed by atoms with Gasteiger partial charge in [-0.15, -0.1) is 11.6 Å². The van der Waals surface area contributed by atoms with Crippen LogP contribution >= 0.6 is 27.5 Å². The predicted molar refractivity (Wildman–Crippen MR) is 83.7 cm³/mol. The second-order valence-corrected chi connectivity index (χ2v) is 7.25. The monoisotopic (exact) mass is 358 g/mol. The quantitative estimate of drug-likeness (QED) is 0.650. The number of aromatic nitrogens is 2. The number of benzene rings is 1. The van der Waals surface area contributed by atoms with Gasteiger partial charge in [-0.2, -0.15) is 0 Å². The zero-order valence-corrected chi connectivity index (χ0v) is 13.9. The van der Waals surface area contributed by atoms with Crippen molar-refractivity contribution in [3.8, 4) is 0 Å². The fourth-order valence-corrected chi connectivity index (χ4v) is 3.28. The maximum atomic E-state index is 13.7. The van der Waals surface area contributed by atoms with Crippen LogP contribution in [-0.4, -0.2) is 9.55 Å². The van der Waals surface area contributed by atoms with Crippen LogP contribution in [0.5, 0.6) is 0 Å². The average Bonchev–Trinajstić information content (AvgIpc) is 3.10. The summed E-state index contributed by atoms with van der Waals surface area (Å²) in [4.78, 5) is 4.53. The molecule has 0 saturated heterocycles. The van der Waals surface area contributed by atoms with Gasteiger partial charge in [0.2, 0.25) is 0 Å². The van der Waals surface area contributed by atoms with Gasteiger partial charge in [0.15, 0.2) is 0 Å². The summed E-state index contributed by atoms with van der Waals surface area (Å²) in [6.07, 6.45) is 3.78. The van der Waals surface area contributed by atoms with Crippen LogP contribution in [0, 0.1) is 11.7 Å². The summed E-state index contributed by atoms with van der Waals surface area (Å²) in [7, 11) is 0. The average molecular weight is 360 g/mol. The largest absolute Gasteiger partial charge is 0.324 e. The molecule has 1 fully saturated rings. The van der Waals surface area contributed by atoms with E-state index >= 15 is 0 Å². The van der Waals surface area contributed by atoms with E-state index in [2.05, 4.69) is 32.4 Å². The van der Waals surface area contributed by atoms with Gasteiger partial charge in [-0.3, -0.25) is 0 Å². The van der Waals surface area contributed by atoms with Gasteiger partial charge in [-0.1, -0.05) is 12.8 Å². The number of rotatable bonds is 4. The van der Waals surface area contributed by atoms with Gasteiger partial charge in [-0.25, -0.2) is 9.37 Å². The molecule has 0 aliphatic heterocycles. The second-order valence-electron chi connectivity index (χ2n) is 5.74. The smallest absolute Gasteiger partial charge is 0.139 e. The molecule has 1 aliphatic rings. The maximum absolute atomic E-state index is 13.7. The van der Waals surface area contributed by atoms with Crippen molar-refractivity contribution < 1.29 is 4.39 Å². The Morgan fingerprint density at radius 2 is 2.15 bits per heavy atom. The summed E-state index contributed by atoms with van der Waals surface area (Å²) >= 11 is 9.53. The standard InChI is InChI=1S/C15H17BrClFN2/c1-8(5-10-3-4-10)20-14-6-11(16)12(18)7-13(14)19-15(20)9(2)17/h6-10H,3-5H2,1-2H3. The number of halogens is 3. The van der Waals surface area contributed by atoms with Gasteiger partial charge in [0.1, 0.15) is 11.6 Å². The molecule has 1 aromatic carbocycles. The van der Waals surface area contributed by atoms with Crippen LogP contribution in [0.25, 0.3) is 11.0 Å². The Labute approximate surface area is 131 Å². The number of nitrogens with zero attached hydrogens (tertiary/aromatic N) is 2. The van der Waals surface area contributed by atoms with Crippen LogP contribution in [0.1, 0.15) is 50.4 Å². The predicted octanol–water partition coefficient (Wildman–Crippen LogP) is 5.60. The molecule has 1 heterocycles. The lowest BCUT2D eigenvalue weighted by Gasteiger charge is -2.18. The third kappa shape index (κ3) is 2.60. The van der Waals surface area contributed by atoms with Gasteiger partial charge >= 0.3 is 0 Å². The Morgan fingerprint density at radius 1 is 1.45 bits per heavy atom. The molecule has 3 rings (SSSR count). The normalized spacial score (nSPS) is 18.4. The van der Waals surface area contributed by atoms with Gasteiger partial charge in [0.25, 0.3) is 0 Å². The number of imidazole rings is 1. The number of alkyl halides is 1. The van der Waals surface area contributed by atoms with Crippen molar-refractivity contribution >= 4 is 38.6 Å². The van der Waals surface area contributed by atoms with E-state index in [1.807, 2.05) is 13.0 Å². The molecule has 1 saturated carbocycles. The van der Waals surface area contributed by atoms with Crippen molar-refractivity contribution in [2.75, 3.05) is 0 Å². The fraction of sp³-hybridized carbons (Fsp3) is 0.533. The molecule has 2 nitrogen and oxygen atoms in total. The first-order valence-corrected chi connectivity index (χ1v) is 8.21. The molecule has 2 unspecified atom stereocenters. The summed E-state index contributed by atoms with van der Waals surface area (Å²) < 4.78 is 16.3. The number of hydrogen-bond donors (Lipinski definition) is 0. The van der Waals surface area contributed by atoms with E-state index in [1.54, 1.807) is 0 Å². The first-order chi connectivity index (χ1) is 9.47. The molecule has 0 N–H and O–H groups in total. The van der Waals surface area contributed by atoms with Crippen LogP contribution in [-0.2, 0) is 0 Å². The van der Waals surface area contributed by atoms with Crippen molar-refractivity contribution in [1.29, 1.82) is 0 Å². The Bertz CT molecular complexity index is 649. The molecule has 20 heavy (non-hydrogen) atoms. The fourth-order valence-electron chi connectivity index (χ4n) is 2.79. The maximum Gasteiger partial charge on any atom is 0.139 e. The van der Waals surface area contributed by atoms with E-state index in [4.69, 9.17) is 11.6 Å². The van der Waals surface area contributed by atoms with Gasteiger partial charge in [0, 0.05) is 12.1 Å². The molecule has 0 radical (unpaired) electrons. The SMILES string of the molecule is CC(Cl)c1nc2cc(F)c(Br)cc2n1C(C)CC1CC1. The molecule has 0 bridgehead atoms. The lowest BCUT2D eigenvalue weighted by Crippen LogP contribution is -2.10. The lowest BCUT2D eigenvalue weighted by molar-refractivity contribution is 0.472. The highest BCUT2D eigenvalue weighted by Gasteiger charge is 2.27. The summed E-state index contributed by atoms with van der Waals surface area (Å²) in [5.74, 6) is 1.36. The lowest BCUT2D eigenvalue weighted by atomic mass is 10.1. The van der Waals surface area contributed by atoms with Crippen molar-refractivity contribution in [3.05, 3.63) is 28.2 Å². The minimum absolute atomic E-state index is 0.189. The summed E-state index contributed by atoms with van der Waals surface area (Å²) in [5.41, 5.74) is 1.63. The molecule has 0 amide bonds. The van der Waals surface area contributed by atoms with Crippen molar-refractivity contribution in [3.63, 3.8) is 0 Å². The highest BCUT2D eigenvalue weighted by atomic mass is 79.9. The van der Waals surface area contributed by atoms with E-state index in [1.165, 1.54) is 18.9 Å². The van der Waals surface area contributed by atoms with Crippen molar-refractivity contribution in [2.24, 2.45) is 5.92 Å². The summed E-state index contributed by atoms with van der Waals surface area (Å²) in [5, 5.41) is -0.189. The Morgan fingerprint density at radius 3 is 2.75 bits per heavy atom. The highest BCUT2D eigenvalue weighted by Crippen LogP contribution is 2.39. The second kappa shape index (κ2) is 5.30. The summed E-state index contributed by atoms with van der Waals surface area (Å²) in [6, 6.07) is 3.62. The van der Waals surface area contributed by atoms with Crippen molar-refractivity contribution in [2.45, 2.75) is 44.5 Å². The highest BCUT2D eigenvalue weighted by molar-refractivity contribution is 9.10. The summed E-state index contributed by atoms with van der Waals surface area (Å²) in [6.45, 7) is 4.11. The van der Waals surface area contributed by atoms with Gasteiger partial charge < -0.3 is 4.57 Å². The minimum atomic E-state index is -0.286. The van der Waals surface area contributed by atoms with Gasteiger partial charge in [-0.05, 0) is 48.2 Å². The molecule has 1 aliphatic carbocycles. The first kappa shape index (κ1) is 14.3. The van der Waals surface area contributed by atoms with Crippen LogP contribution in [0.3, 0.4) is 0 Å². The Kier molecular flexibility index (Phi) is 3.80.